The number of nitrogens with one attached hydrogen (secondary N) is 2. The number of H-pyrrole nitrogens is 1. The molecule has 1 aromatic heterocycles. The van der Waals surface area contributed by atoms with Crippen molar-refractivity contribution in [2.45, 2.75) is 44.7 Å². The molecule has 0 saturated heterocycles. The van der Waals surface area contributed by atoms with E-state index in [1.807, 2.05) is 38.1 Å². The van der Waals surface area contributed by atoms with Crippen molar-refractivity contribution in [3.8, 4) is 0 Å². The number of rotatable bonds is 6. The second-order valence-electron chi connectivity index (χ2n) is 6.84. The van der Waals surface area contributed by atoms with Gasteiger partial charge in [-0.05, 0) is 25.8 Å². The van der Waals surface area contributed by atoms with Gasteiger partial charge in [0.1, 0.15) is 5.82 Å². The number of aromatic amines is 1. The van der Waals surface area contributed by atoms with Crippen LogP contribution in [0.3, 0.4) is 0 Å². The third-order valence-corrected chi connectivity index (χ3v) is 5.70. The van der Waals surface area contributed by atoms with Crippen molar-refractivity contribution in [1.82, 2.24) is 9.97 Å². The Morgan fingerprint density at radius 2 is 2.11 bits per heavy atom. The molecular formula is C21H25N3O3S. The lowest BCUT2D eigenvalue weighted by atomic mass is 9.82. The summed E-state index contributed by atoms with van der Waals surface area (Å²) in [7, 11) is 1.35. The number of ether oxygens (including phenoxy) is 1. The molecule has 0 spiro atoms. The van der Waals surface area contributed by atoms with E-state index >= 15 is 0 Å². The molecule has 2 heterocycles. The number of anilines is 1. The van der Waals surface area contributed by atoms with Crippen molar-refractivity contribution < 1.29 is 9.53 Å². The molecule has 7 heteroatoms. The maximum atomic E-state index is 13.0. The molecule has 3 rings (SSSR count). The van der Waals surface area contributed by atoms with Crippen molar-refractivity contribution in [2.75, 3.05) is 18.2 Å². The molecule has 28 heavy (non-hydrogen) atoms. The highest BCUT2D eigenvalue weighted by Crippen LogP contribution is 2.40. The number of fused-ring (bicyclic) bond motifs is 1. The van der Waals surface area contributed by atoms with Crippen molar-refractivity contribution >= 4 is 23.5 Å². The van der Waals surface area contributed by atoms with Crippen LogP contribution in [-0.2, 0) is 9.53 Å². The number of carbonyl (C=O) groups is 1. The Kier molecular flexibility index (Phi) is 6.24. The lowest BCUT2D eigenvalue weighted by Gasteiger charge is -2.28. The van der Waals surface area contributed by atoms with E-state index in [0.717, 1.165) is 29.7 Å². The molecule has 2 N–H and O–H groups in total. The highest BCUT2D eigenvalue weighted by molar-refractivity contribution is 7.99. The number of allylic oxidation sites excluding steroid dienone is 1. The highest BCUT2D eigenvalue weighted by Gasteiger charge is 2.36. The number of unbranched alkanes of at least 4 members (excludes halogenated alkanes) is 1. The molecule has 0 unspecified atom stereocenters. The van der Waals surface area contributed by atoms with Crippen molar-refractivity contribution in [2.24, 2.45) is 0 Å². The van der Waals surface area contributed by atoms with Crippen LogP contribution < -0.4 is 10.9 Å². The number of carbonyl (C=O) groups excluding carboxylic acids is 1. The maximum Gasteiger partial charge on any atom is 0.336 e. The number of benzene rings is 1. The first kappa shape index (κ1) is 20.2. The summed E-state index contributed by atoms with van der Waals surface area (Å²) in [4.78, 5) is 33.1. The molecule has 0 bridgehead atoms. The monoisotopic (exact) mass is 399 g/mol. The van der Waals surface area contributed by atoms with Gasteiger partial charge in [0.15, 0.2) is 5.16 Å². The van der Waals surface area contributed by atoms with Crippen molar-refractivity contribution in [1.29, 1.82) is 0 Å². The van der Waals surface area contributed by atoms with Crippen LogP contribution in [0.2, 0.25) is 0 Å². The van der Waals surface area contributed by atoms with Crippen molar-refractivity contribution in [3.05, 3.63) is 62.6 Å². The molecule has 1 aliphatic heterocycles. The minimum atomic E-state index is -0.533. The normalized spacial score (nSPS) is 15.8. The highest BCUT2D eigenvalue weighted by atomic mass is 32.2. The Morgan fingerprint density at radius 3 is 2.79 bits per heavy atom. The van der Waals surface area contributed by atoms with Gasteiger partial charge < -0.3 is 15.0 Å². The second-order valence-corrected chi connectivity index (χ2v) is 7.92. The van der Waals surface area contributed by atoms with Crippen LogP contribution in [-0.4, -0.2) is 28.8 Å². The third kappa shape index (κ3) is 3.99. The maximum absolute atomic E-state index is 13.0. The van der Waals surface area contributed by atoms with Gasteiger partial charge >= 0.3 is 5.97 Å². The summed E-state index contributed by atoms with van der Waals surface area (Å²) in [5, 5.41) is 3.73. The molecule has 0 aliphatic carbocycles. The Hall–Kier alpha value is -2.54. The molecule has 148 valence electrons. The van der Waals surface area contributed by atoms with Crippen molar-refractivity contribution in [3.63, 3.8) is 0 Å². The lowest BCUT2D eigenvalue weighted by molar-refractivity contribution is -0.136. The van der Waals surface area contributed by atoms with E-state index in [1.54, 1.807) is 0 Å². The zero-order chi connectivity index (χ0) is 20.3. The number of methoxy groups -OCH3 is 1. The zero-order valence-corrected chi connectivity index (χ0v) is 17.4. The van der Waals surface area contributed by atoms with Crippen LogP contribution in [0.4, 0.5) is 5.82 Å². The predicted molar refractivity (Wildman–Crippen MR) is 112 cm³/mol. The van der Waals surface area contributed by atoms with E-state index in [2.05, 4.69) is 22.2 Å². The van der Waals surface area contributed by atoms with Gasteiger partial charge in [0.25, 0.3) is 5.56 Å². The fraction of sp³-hybridized carbons (Fsp3) is 0.381. The smallest absolute Gasteiger partial charge is 0.336 e. The summed E-state index contributed by atoms with van der Waals surface area (Å²) in [6.07, 6.45) is 2.14. The van der Waals surface area contributed by atoms with Gasteiger partial charge in [0.2, 0.25) is 0 Å². The van der Waals surface area contributed by atoms with Gasteiger partial charge in [0.05, 0.1) is 24.2 Å². The minimum Gasteiger partial charge on any atom is -0.466 e. The number of nitrogens with zero attached hydrogens (tertiary/aromatic N) is 1. The number of aromatic nitrogens is 2. The first-order valence-corrected chi connectivity index (χ1v) is 10.3. The molecule has 6 nitrogen and oxygen atoms in total. The third-order valence-electron chi connectivity index (χ3n) is 4.74. The quantitative estimate of drug-likeness (QED) is 0.331. The number of hydrogen-bond acceptors (Lipinski definition) is 6. The molecule has 0 fully saturated rings. The molecular weight excluding hydrogens is 374 g/mol. The summed E-state index contributed by atoms with van der Waals surface area (Å²) in [6.45, 7) is 5.92. The van der Waals surface area contributed by atoms with Crippen LogP contribution in [0, 0.1) is 6.92 Å². The zero-order valence-electron chi connectivity index (χ0n) is 16.6. The van der Waals surface area contributed by atoms with Gasteiger partial charge in [0, 0.05) is 11.4 Å². The van der Waals surface area contributed by atoms with E-state index < -0.39 is 11.9 Å². The molecule has 0 radical (unpaired) electrons. The Bertz CT molecular complexity index is 981. The van der Waals surface area contributed by atoms with E-state index in [0.29, 0.717) is 27.8 Å². The van der Waals surface area contributed by atoms with Gasteiger partial charge in [-0.1, -0.05) is 54.9 Å². The topological polar surface area (TPSA) is 84.1 Å². The summed E-state index contributed by atoms with van der Waals surface area (Å²) < 4.78 is 5.01. The van der Waals surface area contributed by atoms with Gasteiger partial charge in [-0.25, -0.2) is 9.78 Å². The van der Waals surface area contributed by atoms with Crippen LogP contribution in [0.15, 0.2) is 45.5 Å². The fourth-order valence-corrected chi connectivity index (χ4v) is 4.32. The standard InChI is InChI=1S/C21H25N3O3S/c1-5-6-10-28-21-23-18-17(19(25)24-21)16(14-9-7-8-12(2)11-14)15(13(3)22-18)20(26)27-4/h7-9,11,16H,5-6,10H2,1-4H3,(H2,22,23,24,25)/t16-/m1/s1. The van der Waals surface area contributed by atoms with Crippen LogP contribution >= 0.6 is 11.8 Å². The van der Waals surface area contributed by atoms with E-state index in [1.165, 1.54) is 18.9 Å². The van der Waals surface area contributed by atoms with Gasteiger partial charge in [-0.15, -0.1) is 0 Å². The van der Waals surface area contributed by atoms with Crippen LogP contribution in [0.25, 0.3) is 0 Å². The Balaban J connectivity index is 2.15. The molecule has 1 aliphatic rings. The van der Waals surface area contributed by atoms with E-state index in [4.69, 9.17) is 4.74 Å². The SMILES string of the molecule is CCCCSc1nc2c(c(=O)[nH]1)[C@H](c1cccc(C)c1)C(C(=O)OC)=C(C)N2. The van der Waals surface area contributed by atoms with Gasteiger partial charge in [-0.3, -0.25) is 4.79 Å². The molecule has 0 saturated carbocycles. The first-order chi connectivity index (χ1) is 13.5. The summed E-state index contributed by atoms with van der Waals surface area (Å²) >= 11 is 1.53. The number of thioether (sulfide) groups is 1. The first-order valence-electron chi connectivity index (χ1n) is 9.36. The van der Waals surface area contributed by atoms with E-state index in [-0.39, 0.29) is 5.56 Å². The Labute approximate surface area is 168 Å². The molecule has 1 atom stereocenters. The fourth-order valence-electron chi connectivity index (χ4n) is 3.38. The van der Waals surface area contributed by atoms with Crippen LogP contribution in [0.5, 0.6) is 0 Å². The molecule has 2 aromatic rings. The second kappa shape index (κ2) is 8.65. The minimum absolute atomic E-state index is 0.239. The summed E-state index contributed by atoms with van der Waals surface area (Å²) in [5.74, 6) is 0.402. The Morgan fingerprint density at radius 1 is 1.32 bits per heavy atom. The average molecular weight is 400 g/mol. The largest absolute Gasteiger partial charge is 0.466 e. The van der Waals surface area contributed by atoms with Gasteiger partial charge in [-0.2, -0.15) is 0 Å². The molecule has 1 aromatic carbocycles. The summed E-state index contributed by atoms with van der Waals surface area (Å²) in [5.41, 5.74) is 3.19. The predicted octanol–water partition coefficient (Wildman–Crippen LogP) is 3.97. The lowest BCUT2D eigenvalue weighted by Crippen LogP contribution is -2.31. The van der Waals surface area contributed by atoms with Crippen LogP contribution in [0.1, 0.15) is 49.3 Å². The number of esters is 1. The average Bonchev–Trinajstić information content (AvgIpc) is 2.66. The molecule has 0 amide bonds. The van der Waals surface area contributed by atoms with E-state index in [9.17, 15) is 9.59 Å². The summed E-state index contributed by atoms with van der Waals surface area (Å²) in [6, 6.07) is 7.81. The number of aryl methyl sites for hydroxylation is 1. The number of hydrogen-bond donors (Lipinski definition) is 2.